The van der Waals surface area contributed by atoms with E-state index in [4.69, 9.17) is 11.6 Å². The van der Waals surface area contributed by atoms with Gasteiger partial charge in [0, 0.05) is 31.1 Å². The van der Waals surface area contributed by atoms with Gasteiger partial charge in [0.25, 0.3) is 5.69 Å². The normalized spacial score (nSPS) is 26.0. The Morgan fingerprint density at radius 1 is 1.43 bits per heavy atom. The van der Waals surface area contributed by atoms with Crippen molar-refractivity contribution in [1.29, 1.82) is 0 Å². The van der Waals surface area contributed by atoms with Gasteiger partial charge in [-0.1, -0.05) is 11.6 Å². The maximum absolute atomic E-state index is 10.8. The van der Waals surface area contributed by atoms with Crippen LogP contribution in [0.15, 0.2) is 12.3 Å². The smallest absolute Gasteiger partial charge is 0.289 e. The fourth-order valence-electron chi connectivity index (χ4n) is 3.52. The average Bonchev–Trinajstić information content (AvgIpc) is 2.48. The molecule has 0 amide bonds. The molecule has 1 aromatic heterocycles. The lowest BCUT2D eigenvalue weighted by atomic mass is 9.74. The first kappa shape index (κ1) is 14.5. The van der Waals surface area contributed by atoms with Gasteiger partial charge >= 0.3 is 0 Å². The van der Waals surface area contributed by atoms with Gasteiger partial charge in [-0.2, -0.15) is 0 Å². The van der Waals surface area contributed by atoms with Crippen LogP contribution in [0.5, 0.6) is 0 Å². The van der Waals surface area contributed by atoms with Crippen molar-refractivity contribution in [2.24, 2.45) is 5.41 Å². The fraction of sp³-hybridized carbons (Fsp3) is 0.643. The van der Waals surface area contributed by atoms with E-state index in [1.54, 1.807) is 0 Å². The lowest BCUT2D eigenvalue weighted by Gasteiger charge is -2.46. The van der Waals surface area contributed by atoms with Crippen LogP contribution in [0.4, 0.5) is 11.5 Å². The van der Waals surface area contributed by atoms with Gasteiger partial charge in [-0.3, -0.25) is 10.1 Å². The molecule has 3 rings (SSSR count). The third-order valence-corrected chi connectivity index (χ3v) is 4.82. The van der Waals surface area contributed by atoms with E-state index in [2.05, 4.69) is 15.2 Å². The highest BCUT2D eigenvalue weighted by Crippen LogP contribution is 2.39. The van der Waals surface area contributed by atoms with Crippen molar-refractivity contribution < 1.29 is 4.92 Å². The monoisotopic (exact) mass is 310 g/mol. The van der Waals surface area contributed by atoms with Crippen molar-refractivity contribution in [1.82, 2.24) is 10.3 Å². The van der Waals surface area contributed by atoms with Crippen LogP contribution in [0.3, 0.4) is 0 Å². The summed E-state index contributed by atoms with van der Waals surface area (Å²) in [4.78, 5) is 16.7. The van der Waals surface area contributed by atoms with Gasteiger partial charge in [-0.25, -0.2) is 4.98 Å². The van der Waals surface area contributed by atoms with Crippen LogP contribution in [-0.2, 0) is 0 Å². The second-order valence-electron chi connectivity index (χ2n) is 6.06. The largest absolute Gasteiger partial charge is 0.355 e. The number of nitrogens with one attached hydrogen (secondary N) is 1. The van der Waals surface area contributed by atoms with Crippen molar-refractivity contribution in [2.75, 3.05) is 31.1 Å². The van der Waals surface area contributed by atoms with Crippen LogP contribution < -0.4 is 10.2 Å². The summed E-state index contributed by atoms with van der Waals surface area (Å²) in [6, 6.07) is 1.39. The number of hydrogen-bond acceptors (Lipinski definition) is 5. The van der Waals surface area contributed by atoms with Crippen molar-refractivity contribution >= 4 is 23.1 Å². The number of pyridine rings is 1. The van der Waals surface area contributed by atoms with Crippen LogP contribution >= 0.6 is 11.6 Å². The minimum absolute atomic E-state index is 0.0604. The number of anilines is 1. The molecule has 1 N–H and O–H groups in total. The molecule has 0 aromatic carbocycles. The second kappa shape index (κ2) is 5.77. The van der Waals surface area contributed by atoms with E-state index in [1.165, 1.54) is 31.5 Å². The predicted molar refractivity (Wildman–Crippen MR) is 81.9 cm³/mol. The highest BCUT2D eigenvalue weighted by atomic mass is 35.5. The van der Waals surface area contributed by atoms with Crippen LogP contribution in [0.2, 0.25) is 5.02 Å². The Labute approximate surface area is 128 Å². The first-order valence-electron chi connectivity index (χ1n) is 7.35. The van der Waals surface area contributed by atoms with Crippen molar-refractivity contribution in [2.45, 2.75) is 25.7 Å². The van der Waals surface area contributed by atoms with E-state index < -0.39 is 4.92 Å². The molecular formula is C14H19ClN4O2. The predicted octanol–water partition coefficient (Wildman–Crippen LogP) is 2.61. The Bertz CT molecular complexity index is 540. The molecule has 1 atom stereocenters. The van der Waals surface area contributed by atoms with Gasteiger partial charge in [-0.15, -0.1) is 0 Å². The summed E-state index contributed by atoms with van der Waals surface area (Å²) in [5, 5.41) is 14.6. The number of aromatic nitrogens is 1. The lowest BCUT2D eigenvalue weighted by Crippen LogP contribution is -2.51. The van der Waals surface area contributed by atoms with Crippen LogP contribution in [0.25, 0.3) is 0 Å². The molecule has 2 fully saturated rings. The van der Waals surface area contributed by atoms with E-state index in [-0.39, 0.29) is 5.69 Å². The van der Waals surface area contributed by atoms with E-state index in [0.717, 1.165) is 32.6 Å². The Kier molecular flexibility index (Phi) is 3.99. The van der Waals surface area contributed by atoms with E-state index in [1.807, 2.05) is 0 Å². The molecule has 6 nitrogen and oxygen atoms in total. The second-order valence-corrected chi connectivity index (χ2v) is 6.47. The Morgan fingerprint density at radius 2 is 2.24 bits per heavy atom. The molecule has 21 heavy (non-hydrogen) atoms. The number of nitrogens with zero attached hydrogens (tertiary/aromatic N) is 3. The summed E-state index contributed by atoms with van der Waals surface area (Å²) >= 11 is 6.21. The Hall–Kier alpha value is -1.40. The number of hydrogen-bond donors (Lipinski definition) is 1. The zero-order valence-corrected chi connectivity index (χ0v) is 12.6. The quantitative estimate of drug-likeness (QED) is 0.671. The summed E-state index contributed by atoms with van der Waals surface area (Å²) in [6.45, 7) is 3.96. The molecule has 0 radical (unpaired) electrons. The molecule has 114 valence electrons. The molecule has 7 heteroatoms. The van der Waals surface area contributed by atoms with Crippen LogP contribution in [0, 0.1) is 15.5 Å². The van der Waals surface area contributed by atoms with Gasteiger partial charge in [0.2, 0.25) is 0 Å². The van der Waals surface area contributed by atoms with Gasteiger partial charge in [-0.05, 0) is 32.2 Å². The first-order valence-corrected chi connectivity index (χ1v) is 7.73. The molecule has 1 aromatic rings. The number of halogens is 1. The molecule has 3 heterocycles. The molecule has 0 saturated carbocycles. The fourth-order valence-corrected chi connectivity index (χ4v) is 3.80. The average molecular weight is 311 g/mol. The van der Waals surface area contributed by atoms with Crippen molar-refractivity contribution in [3.05, 3.63) is 27.4 Å². The number of nitro groups is 1. The molecule has 2 aliphatic rings. The lowest BCUT2D eigenvalue weighted by molar-refractivity contribution is -0.385. The van der Waals surface area contributed by atoms with Crippen molar-refractivity contribution in [3.8, 4) is 0 Å². The van der Waals surface area contributed by atoms with Crippen molar-refractivity contribution in [3.63, 3.8) is 0 Å². The zero-order valence-electron chi connectivity index (χ0n) is 11.8. The first-order chi connectivity index (χ1) is 10.1. The summed E-state index contributed by atoms with van der Waals surface area (Å²) in [5.41, 5.74) is 0.235. The summed E-state index contributed by atoms with van der Waals surface area (Å²) in [6.07, 6.45) is 6.05. The van der Waals surface area contributed by atoms with Gasteiger partial charge in [0.05, 0.1) is 9.95 Å². The van der Waals surface area contributed by atoms with Gasteiger partial charge in [0.1, 0.15) is 12.0 Å². The van der Waals surface area contributed by atoms with Gasteiger partial charge < -0.3 is 10.2 Å². The third-order valence-electron chi connectivity index (χ3n) is 4.54. The zero-order chi connectivity index (χ0) is 14.9. The topological polar surface area (TPSA) is 71.3 Å². The number of piperidine rings is 2. The van der Waals surface area contributed by atoms with E-state index in [9.17, 15) is 10.1 Å². The van der Waals surface area contributed by atoms with Gasteiger partial charge in [0.15, 0.2) is 0 Å². The van der Waals surface area contributed by atoms with E-state index in [0.29, 0.717) is 16.3 Å². The van der Waals surface area contributed by atoms with E-state index >= 15 is 0 Å². The Morgan fingerprint density at radius 3 is 2.90 bits per heavy atom. The summed E-state index contributed by atoms with van der Waals surface area (Å²) in [5.74, 6) is 0.673. The molecule has 1 spiro atoms. The summed E-state index contributed by atoms with van der Waals surface area (Å²) in [7, 11) is 0. The molecule has 1 unspecified atom stereocenters. The third kappa shape index (κ3) is 2.96. The Balaban J connectivity index is 1.81. The maximum atomic E-state index is 10.8. The van der Waals surface area contributed by atoms with Crippen LogP contribution in [-0.4, -0.2) is 36.1 Å². The minimum Gasteiger partial charge on any atom is -0.355 e. The minimum atomic E-state index is -0.467. The number of rotatable bonds is 2. The highest BCUT2D eigenvalue weighted by molar-refractivity contribution is 6.33. The van der Waals surface area contributed by atoms with Crippen LogP contribution in [0.1, 0.15) is 25.7 Å². The molecule has 0 bridgehead atoms. The maximum Gasteiger partial charge on any atom is 0.289 e. The SMILES string of the molecule is O=[N+]([O-])c1cnc(N2CCCC3(CCCNC3)C2)c(Cl)c1. The highest BCUT2D eigenvalue weighted by Gasteiger charge is 2.37. The molecule has 0 aliphatic carbocycles. The molecule has 2 aliphatic heterocycles. The molecular weight excluding hydrogens is 292 g/mol. The summed E-state index contributed by atoms with van der Waals surface area (Å²) < 4.78 is 0. The standard InChI is InChI=1S/C14H19ClN4O2/c15-12-7-11(19(20)21)8-17-13(12)18-6-2-4-14(10-18)3-1-5-16-9-14/h7-8,16H,1-6,9-10H2. The molecule has 2 saturated heterocycles.